The molecule has 0 aliphatic carbocycles. The van der Waals surface area contributed by atoms with Gasteiger partial charge in [-0.05, 0) is 53.3 Å². The first-order chi connectivity index (χ1) is 11.5. The van der Waals surface area contributed by atoms with Crippen LogP contribution in [0.1, 0.15) is 22.8 Å². The molecule has 0 radical (unpaired) electrons. The van der Waals surface area contributed by atoms with Gasteiger partial charge in [0.15, 0.2) is 0 Å². The average molecular weight is 438 g/mol. The van der Waals surface area contributed by atoms with Crippen LogP contribution in [0.3, 0.4) is 0 Å². The van der Waals surface area contributed by atoms with E-state index >= 15 is 0 Å². The standard InChI is InChI=1S/C19H20FIN2O/c1-14-12-22(13-15-5-3-2-4-6-15)9-10-23(14)19(24)16-7-8-18(21)17(20)11-16/h2-8,11,14H,9-10,12-13H2,1H3. The summed E-state index contributed by atoms with van der Waals surface area (Å²) in [4.78, 5) is 16.9. The van der Waals surface area contributed by atoms with Crippen molar-refractivity contribution in [2.24, 2.45) is 0 Å². The Labute approximate surface area is 155 Å². The lowest BCUT2D eigenvalue weighted by atomic mass is 10.1. The van der Waals surface area contributed by atoms with Crippen molar-refractivity contribution in [3.05, 3.63) is 69.0 Å². The van der Waals surface area contributed by atoms with E-state index in [0.717, 1.165) is 19.6 Å². The highest BCUT2D eigenvalue weighted by molar-refractivity contribution is 14.1. The van der Waals surface area contributed by atoms with Gasteiger partial charge in [0.2, 0.25) is 0 Å². The van der Waals surface area contributed by atoms with Gasteiger partial charge < -0.3 is 4.90 Å². The summed E-state index contributed by atoms with van der Waals surface area (Å²) in [7, 11) is 0. The molecule has 1 heterocycles. The Morgan fingerprint density at radius 3 is 2.62 bits per heavy atom. The predicted molar refractivity (Wildman–Crippen MR) is 101 cm³/mol. The van der Waals surface area contributed by atoms with E-state index in [4.69, 9.17) is 0 Å². The van der Waals surface area contributed by atoms with Gasteiger partial charge in [-0.2, -0.15) is 0 Å². The van der Waals surface area contributed by atoms with Crippen LogP contribution in [0, 0.1) is 9.39 Å². The lowest BCUT2D eigenvalue weighted by Crippen LogP contribution is -2.53. The van der Waals surface area contributed by atoms with Crippen LogP contribution in [-0.4, -0.2) is 41.4 Å². The second-order valence-corrected chi connectivity index (χ2v) is 7.36. The molecule has 1 unspecified atom stereocenters. The van der Waals surface area contributed by atoms with Crippen molar-refractivity contribution in [2.75, 3.05) is 19.6 Å². The third-order valence-electron chi connectivity index (χ3n) is 4.39. The first kappa shape index (κ1) is 17.4. The van der Waals surface area contributed by atoms with Crippen LogP contribution in [0.25, 0.3) is 0 Å². The Morgan fingerprint density at radius 1 is 1.21 bits per heavy atom. The van der Waals surface area contributed by atoms with Gasteiger partial charge in [-0.3, -0.25) is 9.69 Å². The summed E-state index contributed by atoms with van der Waals surface area (Å²) in [6, 6.07) is 15.2. The summed E-state index contributed by atoms with van der Waals surface area (Å²) in [5.74, 6) is -0.422. The number of rotatable bonds is 3. The van der Waals surface area contributed by atoms with Gasteiger partial charge in [-0.1, -0.05) is 30.3 Å². The van der Waals surface area contributed by atoms with Gasteiger partial charge in [0.25, 0.3) is 5.91 Å². The fourth-order valence-corrected chi connectivity index (χ4v) is 3.45. The molecule has 24 heavy (non-hydrogen) atoms. The lowest BCUT2D eigenvalue weighted by Gasteiger charge is -2.40. The zero-order valence-corrected chi connectivity index (χ0v) is 15.7. The molecule has 1 fully saturated rings. The van der Waals surface area contributed by atoms with Crippen LogP contribution in [-0.2, 0) is 6.54 Å². The molecule has 3 rings (SSSR count). The van der Waals surface area contributed by atoms with Crippen molar-refractivity contribution >= 4 is 28.5 Å². The van der Waals surface area contributed by atoms with Crippen molar-refractivity contribution in [3.63, 3.8) is 0 Å². The molecule has 0 saturated carbocycles. The fraction of sp³-hybridized carbons (Fsp3) is 0.316. The van der Waals surface area contributed by atoms with E-state index in [1.807, 2.05) is 45.7 Å². The SMILES string of the molecule is CC1CN(Cc2ccccc2)CCN1C(=O)c1ccc(I)c(F)c1. The number of hydrogen-bond acceptors (Lipinski definition) is 2. The third kappa shape index (κ3) is 3.95. The van der Waals surface area contributed by atoms with Gasteiger partial charge in [-0.15, -0.1) is 0 Å². The Bertz CT molecular complexity index is 723. The van der Waals surface area contributed by atoms with Gasteiger partial charge >= 0.3 is 0 Å². The summed E-state index contributed by atoms with van der Waals surface area (Å²) >= 11 is 1.93. The van der Waals surface area contributed by atoms with Crippen molar-refractivity contribution in [1.29, 1.82) is 0 Å². The minimum absolute atomic E-state index is 0.0860. The Balaban J connectivity index is 1.64. The monoisotopic (exact) mass is 438 g/mol. The molecule has 1 saturated heterocycles. The van der Waals surface area contributed by atoms with Crippen molar-refractivity contribution < 1.29 is 9.18 Å². The molecular weight excluding hydrogens is 418 g/mol. The van der Waals surface area contributed by atoms with Gasteiger partial charge in [0.05, 0.1) is 0 Å². The number of amides is 1. The smallest absolute Gasteiger partial charge is 0.254 e. The molecule has 1 atom stereocenters. The number of halogens is 2. The molecular formula is C19H20FIN2O. The van der Waals surface area contributed by atoms with Crippen LogP contribution in [0.5, 0.6) is 0 Å². The van der Waals surface area contributed by atoms with Crippen LogP contribution >= 0.6 is 22.6 Å². The molecule has 1 aliphatic heterocycles. The topological polar surface area (TPSA) is 23.6 Å². The summed E-state index contributed by atoms with van der Waals surface area (Å²) < 4.78 is 14.3. The van der Waals surface area contributed by atoms with Crippen LogP contribution in [0.15, 0.2) is 48.5 Å². The van der Waals surface area contributed by atoms with Gasteiger partial charge in [0.1, 0.15) is 5.82 Å². The molecule has 0 aromatic heterocycles. The summed E-state index contributed by atoms with van der Waals surface area (Å²) in [6.07, 6.45) is 0. The molecule has 3 nitrogen and oxygen atoms in total. The number of carbonyl (C=O) groups is 1. The van der Waals surface area contributed by atoms with E-state index in [1.54, 1.807) is 12.1 Å². The minimum Gasteiger partial charge on any atom is -0.333 e. The molecule has 0 N–H and O–H groups in total. The Hall–Kier alpha value is -1.47. The van der Waals surface area contributed by atoms with E-state index in [0.29, 0.717) is 15.7 Å². The molecule has 2 aromatic carbocycles. The lowest BCUT2D eigenvalue weighted by molar-refractivity contribution is 0.0475. The van der Waals surface area contributed by atoms with E-state index in [9.17, 15) is 9.18 Å². The predicted octanol–water partition coefficient (Wildman–Crippen LogP) is 3.78. The largest absolute Gasteiger partial charge is 0.333 e. The highest BCUT2D eigenvalue weighted by Crippen LogP contribution is 2.18. The summed E-state index contributed by atoms with van der Waals surface area (Å²) in [5.41, 5.74) is 1.71. The quantitative estimate of drug-likeness (QED) is 0.682. The first-order valence-corrected chi connectivity index (χ1v) is 9.15. The number of nitrogens with zero attached hydrogens (tertiary/aromatic N) is 2. The molecule has 0 spiro atoms. The van der Waals surface area contributed by atoms with Crippen LogP contribution in [0.2, 0.25) is 0 Å². The van der Waals surface area contributed by atoms with E-state index in [-0.39, 0.29) is 17.8 Å². The van der Waals surface area contributed by atoms with E-state index < -0.39 is 0 Å². The maximum absolute atomic E-state index is 13.7. The van der Waals surface area contributed by atoms with Gasteiger partial charge in [-0.25, -0.2) is 4.39 Å². The highest BCUT2D eigenvalue weighted by Gasteiger charge is 2.28. The molecule has 1 amide bonds. The molecule has 5 heteroatoms. The number of carbonyl (C=O) groups excluding carboxylic acids is 1. The first-order valence-electron chi connectivity index (χ1n) is 8.07. The molecule has 0 bridgehead atoms. The zero-order valence-electron chi connectivity index (χ0n) is 13.6. The Kier molecular flexibility index (Phi) is 5.50. The second-order valence-electron chi connectivity index (χ2n) is 6.20. The fourth-order valence-electron chi connectivity index (χ4n) is 3.11. The maximum Gasteiger partial charge on any atom is 0.254 e. The normalized spacial score (nSPS) is 18.6. The number of benzene rings is 2. The summed E-state index contributed by atoms with van der Waals surface area (Å²) in [5, 5.41) is 0. The number of piperazine rings is 1. The van der Waals surface area contributed by atoms with Crippen LogP contribution < -0.4 is 0 Å². The van der Waals surface area contributed by atoms with Crippen molar-refractivity contribution in [3.8, 4) is 0 Å². The summed E-state index contributed by atoms with van der Waals surface area (Å²) in [6.45, 7) is 5.27. The molecule has 2 aromatic rings. The van der Waals surface area contributed by atoms with Crippen molar-refractivity contribution in [1.82, 2.24) is 9.80 Å². The number of hydrogen-bond donors (Lipinski definition) is 0. The average Bonchev–Trinajstić information content (AvgIpc) is 2.58. The molecule has 1 aliphatic rings. The van der Waals surface area contributed by atoms with Crippen molar-refractivity contribution in [2.45, 2.75) is 19.5 Å². The zero-order chi connectivity index (χ0) is 17.1. The molecule has 126 valence electrons. The Morgan fingerprint density at radius 2 is 1.96 bits per heavy atom. The van der Waals surface area contributed by atoms with Gasteiger partial charge in [0, 0.05) is 41.4 Å². The minimum atomic E-state index is -0.336. The third-order valence-corrected chi connectivity index (χ3v) is 5.26. The maximum atomic E-state index is 13.7. The van der Waals surface area contributed by atoms with Crippen LogP contribution in [0.4, 0.5) is 4.39 Å². The van der Waals surface area contributed by atoms with E-state index in [1.165, 1.54) is 11.6 Å². The van der Waals surface area contributed by atoms with E-state index in [2.05, 4.69) is 24.0 Å². The highest BCUT2D eigenvalue weighted by atomic mass is 127. The second kappa shape index (κ2) is 7.61.